The van der Waals surface area contributed by atoms with Gasteiger partial charge in [-0.3, -0.25) is 9.59 Å². The number of ether oxygens (including phenoxy) is 1. The Bertz CT molecular complexity index is 1060. The van der Waals surface area contributed by atoms with E-state index in [2.05, 4.69) is 16.6 Å². The van der Waals surface area contributed by atoms with Gasteiger partial charge in [0.2, 0.25) is 0 Å². The number of hydrogen-bond donors (Lipinski definition) is 2. The summed E-state index contributed by atoms with van der Waals surface area (Å²) in [5, 5.41) is 6.11. The molecule has 3 rings (SSSR count). The van der Waals surface area contributed by atoms with Gasteiger partial charge in [0.15, 0.2) is 5.76 Å². The summed E-state index contributed by atoms with van der Waals surface area (Å²) in [5.41, 5.74) is 1.96. The van der Waals surface area contributed by atoms with E-state index in [1.54, 1.807) is 50.4 Å². The monoisotopic (exact) mass is 362 g/mol. The Kier molecular flexibility index (Phi) is 5.13. The largest absolute Gasteiger partial charge is 0.497 e. The van der Waals surface area contributed by atoms with Crippen molar-refractivity contribution in [3.63, 3.8) is 0 Å². The lowest BCUT2D eigenvalue weighted by Crippen LogP contribution is -2.25. The second kappa shape index (κ2) is 7.67. The molecule has 0 radical (unpaired) electrons. The minimum absolute atomic E-state index is 0.103. The number of carbonyl (C=O) groups excluding carboxylic acids is 2. The topological polar surface area (TPSA) is 80.6 Å². The summed E-state index contributed by atoms with van der Waals surface area (Å²) in [4.78, 5) is 25.0. The van der Waals surface area contributed by atoms with Gasteiger partial charge < -0.3 is 19.8 Å². The van der Waals surface area contributed by atoms with Crippen LogP contribution in [0.15, 0.2) is 46.9 Å². The molecule has 0 aliphatic carbocycles. The van der Waals surface area contributed by atoms with E-state index < -0.39 is 5.91 Å². The quantitative estimate of drug-likeness (QED) is 0.682. The molecule has 136 valence electrons. The van der Waals surface area contributed by atoms with Crippen molar-refractivity contribution < 1.29 is 18.7 Å². The fourth-order valence-electron chi connectivity index (χ4n) is 2.74. The highest BCUT2D eigenvalue weighted by atomic mass is 16.5. The number of amides is 2. The van der Waals surface area contributed by atoms with E-state index in [9.17, 15) is 9.59 Å². The van der Waals surface area contributed by atoms with Crippen molar-refractivity contribution in [2.45, 2.75) is 6.92 Å². The number of carbonyl (C=O) groups is 2. The minimum atomic E-state index is -0.445. The summed E-state index contributed by atoms with van der Waals surface area (Å²) in [6.45, 7) is 1.90. The summed E-state index contributed by atoms with van der Waals surface area (Å²) < 4.78 is 10.9. The Labute approximate surface area is 156 Å². The van der Waals surface area contributed by atoms with Crippen LogP contribution in [-0.2, 0) is 0 Å². The predicted molar refractivity (Wildman–Crippen MR) is 103 cm³/mol. The number of hydrogen-bond acceptors (Lipinski definition) is 4. The molecule has 2 amide bonds. The van der Waals surface area contributed by atoms with Gasteiger partial charge in [-0.2, -0.15) is 0 Å². The van der Waals surface area contributed by atoms with E-state index in [1.165, 1.54) is 0 Å². The third-order valence-electron chi connectivity index (χ3n) is 4.12. The van der Waals surface area contributed by atoms with Gasteiger partial charge in [-0.1, -0.05) is 18.1 Å². The van der Waals surface area contributed by atoms with Crippen LogP contribution in [0.25, 0.3) is 11.0 Å². The molecule has 0 unspecified atom stereocenters. The number of methoxy groups -OCH3 is 1. The first-order valence-corrected chi connectivity index (χ1v) is 8.24. The molecule has 2 N–H and O–H groups in total. The molecule has 1 heterocycles. The number of nitrogens with one attached hydrogen (secondary N) is 2. The first kappa shape index (κ1) is 18.1. The Morgan fingerprint density at radius 2 is 1.96 bits per heavy atom. The van der Waals surface area contributed by atoms with Crippen LogP contribution in [0.4, 0.5) is 5.69 Å². The van der Waals surface area contributed by atoms with Gasteiger partial charge in [0.25, 0.3) is 11.8 Å². The third kappa shape index (κ3) is 3.62. The molecule has 6 nitrogen and oxygen atoms in total. The second-order valence-electron chi connectivity index (χ2n) is 5.80. The highest BCUT2D eigenvalue weighted by Crippen LogP contribution is 2.29. The zero-order valence-electron chi connectivity index (χ0n) is 15.0. The summed E-state index contributed by atoms with van der Waals surface area (Å²) in [7, 11) is 1.58. The molecule has 0 bridgehead atoms. The van der Waals surface area contributed by atoms with Crippen LogP contribution < -0.4 is 15.4 Å². The molecule has 0 aliphatic rings. The maximum Gasteiger partial charge on any atom is 0.291 e. The first-order chi connectivity index (χ1) is 13.0. The maximum atomic E-state index is 12.7. The van der Waals surface area contributed by atoms with Crippen molar-refractivity contribution in [3.05, 3.63) is 59.4 Å². The first-order valence-electron chi connectivity index (χ1n) is 8.24. The van der Waals surface area contributed by atoms with Crippen molar-refractivity contribution in [1.82, 2.24) is 5.32 Å². The van der Waals surface area contributed by atoms with Gasteiger partial charge in [0.1, 0.15) is 11.3 Å². The molecule has 3 aromatic rings. The third-order valence-corrected chi connectivity index (χ3v) is 4.12. The normalized spacial score (nSPS) is 10.3. The van der Waals surface area contributed by atoms with E-state index >= 15 is 0 Å². The number of para-hydroxylation sites is 1. The number of furan rings is 1. The minimum Gasteiger partial charge on any atom is -0.497 e. The molecule has 0 atom stereocenters. The van der Waals surface area contributed by atoms with Crippen LogP contribution in [0.5, 0.6) is 5.75 Å². The molecular weight excluding hydrogens is 344 g/mol. The van der Waals surface area contributed by atoms with Crippen molar-refractivity contribution in [3.8, 4) is 18.1 Å². The van der Waals surface area contributed by atoms with Gasteiger partial charge in [-0.05, 0) is 37.3 Å². The molecule has 0 aliphatic heterocycles. The molecular formula is C21H18N2O4. The lowest BCUT2D eigenvalue weighted by Gasteiger charge is -2.10. The van der Waals surface area contributed by atoms with Crippen molar-refractivity contribution >= 4 is 28.5 Å². The Hall–Kier alpha value is -3.72. The molecule has 2 aromatic carbocycles. The van der Waals surface area contributed by atoms with E-state index in [0.29, 0.717) is 28.1 Å². The zero-order chi connectivity index (χ0) is 19.4. The number of fused-ring (bicyclic) bond motifs is 1. The average Bonchev–Trinajstić information content (AvgIpc) is 3.02. The molecule has 6 heteroatoms. The molecule has 1 aromatic heterocycles. The van der Waals surface area contributed by atoms with Gasteiger partial charge >= 0.3 is 0 Å². The average molecular weight is 362 g/mol. The fourth-order valence-corrected chi connectivity index (χ4v) is 2.74. The van der Waals surface area contributed by atoms with Crippen LogP contribution in [0.2, 0.25) is 0 Å². The number of rotatable bonds is 5. The van der Waals surface area contributed by atoms with Crippen LogP contribution in [-0.4, -0.2) is 25.5 Å². The van der Waals surface area contributed by atoms with E-state index in [1.807, 2.05) is 6.07 Å². The summed E-state index contributed by atoms with van der Waals surface area (Å²) in [5.74, 6) is 2.38. The standard InChI is InChI=1S/C21H18N2O4/c1-4-11-22-20(24)15-7-5-6-8-17(15)23-21(25)19-13(2)16-12-14(26-3)9-10-18(16)27-19/h1,5-10,12H,11H2,2-3H3,(H,22,24)(H,23,25). The van der Waals surface area contributed by atoms with Gasteiger partial charge in [0.05, 0.1) is 24.9 Å². The lowest BCUT2D eigenvalue weighted by molar-refractivity contribution is 0.0959. The van der Waals surface area contributed by atoms with Crippen LogP contribution in [0.3, 0.4) is 0 Å². The molecule has 0 saturated heterocycles. The number of aryl methyl sites for hydroxylation is 1. The summed E-state index contributed by atoms with van der Waals surface area (Å²) >= 11 is 0. The number of terminal acetylenes is 1. The molecule has 27 heavy (non-hydrogen) atoms. The Balaban J connectivity index is 1.90. The number of benzene rings is 2. The van der Waals surface area contributed by atoms with E-state index in [0.717, 1.165) is 5.39 Å². The lowest BCUT2D eigenvalue weighted by atomic mass is 10.1. The van der Waals surface area contributed by atoms with Crippen LogP contribution in [0, 0.1) is 19.3 Å². The predicted octanol–water partition coefficient (Wildman–Crippen LogP) is 3.37. The fraction of sp³-hybridized carbons (Fsp3) is 0.143. The van der Waals surface area contributed by atoms with E-state index in [4.69, 9.17) is 15.6 Å². The zero-order valence-corrected chi connectivity index (χ0v) is 15.0. The molecule has 0 spiro atoms. The SMILES string of the molecule is C#CCNC(=O)c1ccccc1NC(=O)c1oc2ccc(OC)cc2c1C. The van der Waals surface area contributed by atoms with Gasteiger partial charge in [-0.25, -0.2) is 0 Å². The van der Waals surface area contributed by atoms with Gasteiger partial charge in [-0.15, -0.1) is 6.42 Å². The van der Waals surface area contributed by atoms with Crippen molar-refractivity contribution in [1.29, 1.82) is 0 Å². The van der Waals surface area contributed by atoms with Crippen LogP contribution in [0.1, 0.15) is 26.5 Å². The molecule has 0 saturated carbocycles. The van der Waals surface area contributed by atoms with Gasteiger partial charge in [0, 0.05) is 10.9 Å². The molecule has 0 fully saturated rings. The highest BCUT2D eigenvalue weighted by molar-refractivity contribution is 6.10. The van der Waals surface area contributed by atoms with Crippen molar-refractivity contribution in [2.75, 3.05) is 19.0 Å². The second-order valence-corrected chi connectivity index (χ2v) is 5.80. The van der Waals surface area contributed by atoms with Crippen LogP contribution >= 0.6 is 0 Å². The highest BCUT2D eigenvalue weighted by Gasteiger charge is 2.20. The summed E-state index contributed by atoms with van der Waals surface area (Å²) in [6, 6.07) is 12.0. The Morgan fingerprint density at radius 3 is 2.70 bits per heavy atom. The Morgan fingerprint density at radius 1 is 1.19 bits per heavy atom. The smallest absolute Gasteiger partial charge is 0.291 e. The van der Waals surface area contributed by atoms with E-state index in [-0.39, 0.29) is 18.2 Å². The van der Waals surface area contributed by atoms with Crippen molar-refractivity contribution in [2.24, 2.45) is 0 Å². The maximum absolute atomic E-state index is 12.7. The number of anilines is 1. The summed E-state index contributed by atoms with van der Waals surface area (Å²) in [6.07, 6.45) is 5.17.